The number of ether oxygens (including phenoxy) is 1. The van der Waals surface area contributed by atoms with Crippen molar-refractivity contribution in [3.05, 3.63) is 29.8 Å². The van der Waals surface area contributed by atoms with E-state index in [4.69, 9.17) is 9.84 Å². The second-order valence-electron chi connectivity index (χ2n) is 8.16. The number of sulfone groups is 1. The number of amides is 1. The average Bonchev–Trinajstić information content (AvgIpc) is 3.00. The Morgan fingerprint density at radius 1 is 1.30 bits per heavy atom. The van der Waals surface area contributed by atoms with Crippen LogP contribution in [0.4, 0.5) is 10.5 Å². The molecule has 0 radical (unpaired) electrons. The Bertz CT molecular complexity index is 986. The summed E-state index contributed by atoms with van der Waals surface area (Å²) in [6, 6.07) is 7.00. The molecule has 1 saturated heterocycles. The van der Waals surface area contributed by atoms with Crippen LogP contribution in [0.15, 0.2) is 24.3 Å². The van der Waals surface area contributed by atoms with Crippen molar-refractivity contribution in [2.24, 2.45) is 11.8 Å². The lowest BCUT2D eigenvalue weighted by molar-refractivity contribution is -0.140. The molecule has 9 heteroatoms. The summed E-state index contributed by atoms with van der Waals surface area (Å²) < 4.78 is 27.1. The third-order valence-electron chi connectivity index (χ3n) is 5.86. The molecule has 1 aromatic rings. The molecular formula is C21H25NO7S. The zero-order chi connectivity index (χ0) is 22.1. The topological polar surface area (TPSA) is 121 Å². The van der Waals surface area contributed by atoms with Crippen LogP contribution in [-0.4, -0.2) is 61.0 Å². The van der Waals surface area contributed by atoms with Gasteiger partial charge in [0.1, 0.15) is 6.10 Å². The molecule has 1 saturated carbocycles. The molecule has 1 aliphatic carbocycles. The first-order chi connectivity index (χ1) is 14.0. The van der Waals surface area contributed by atoms with Crippen LogP contribution in [0, 0.1) is 23.7 Å². The summed E-state index contributed by atoms with van der Waals surface area (Å²) in [6.07, 6.45) is 0.846. The van der Waals surface area contributed by atoms with Crippen LogP contribution in [-0.2, 0) is 19.4 Å². The molecule has 2 aliphatic rings. The number of carbonyl (C=O) groups excluding carboxylic acids is 1. The van der Waals surface area contributed by atoms with Gasteiger partial charge in [-0.3, -0.25) is 9.69 Å². The maximum atomic E-state index is 12.3. The van der Waals surface area contributed by atoms with Gasteiger partial charge in [-0.05, 0) is 49.9 Å². The zero-order valence-corrected chi connectivity index (χ0v) is 17.7. The molecule has 1 aromatic carbocycles. The number of carboxylic acid groups (broad SMARTS) is 1. The Kier molecular flexibility index (Phi) is 6.11. The standard InChI is InChI=1S/C21H25NO7S/c1-21(19(24)25,30(2,27)28)11-18-12-22(20(26)29-18)17-7-5-14(6-8-17)3-4-15-9-16(10-15)13-23/h5-8,15-16,18,23H,9-13H2,1-2H3,(H,24,25)/t15?,16?,18-,21+/m0/s1. The van der Waals surface area contributed by atoms with Crippen molar-refractivity contribution >= 4 is 27.6 Å². The number of carboxylic acids is 1. The number of benzene rings is 1. The molecule has 1 heterocycles. The number of nitrogens with zero attached hydrogens (tertiary/aromatic N) is 1. The Labute approximate surface area is 175 Å². The highest BCUT2D eigenvalue weighted by molar-refractivity contribution is 7.92. The third-order valence-corrected chi connectivity index (χ3v) is 7.83. The molecule has 2 N–H and O–H groups in total. The maximum absolute atomic E-state index is 12.3. The molecule has 1 amide bonds. The van der Waals surface area contributed by atoms with E-state index in [2.05, 4.69) is 11.8 Å². The lowest BCUT2D eigenvalue weighted by atomic mass is 9.76. The summed E-state index contributed by atoms with van der Waals surface area (Å²) in [6.45, 7) is 1.39. The van der Waals surface area contributed by atoms with Crippen LogP contribution in [0.1, 0.15) is 31.7 Å². The Morgan fingerprint density at radius 2 is 1.93 bits per heavy atom. The van der Waals surface area contributed by atoms with E-state index in [0.717, 1.165) is 31.6 Å². The fraction of sp³-hybridized carbons (Fsp3) is 0.524. The maximum Gasteiger partial charge on any atom is 0.414 e. The quantitative estimate of drug-likeness (QED) is 0.652. The van der Waals surface area contributed by atoms with Crippen molar-refractivity contribution < 1.29 is 33.0 Å². The summed E-state index contributed by atoms with van der Waals surface area (Å²) in [5.41, 5.74) is 1.36. The first kappa shape index (κ1) is 22.1. The van der Waals surface area contributed by atoms with E-state index in [1.165, 1.54) is 4.90 Å². The highest BCUT2D eigenvalue weighted by Crippen LogP contribution is 2.33. The Hall–Kier alpha value is -2.57. The molecule has 0 spiro atoms. The molecule has 30 heavy (non-hydrogen) atoms. The number of aliphatic carboxylic acids is 1. The fourth-order valence-electron chi connectivity index (χ4n) is 3.58. The van der Waals surface area contributed by atoms with Crippen LogP contribution in [0.5, 0.6) is 0 Å². The number of hydrogen-bond donors (Lipinski definition) is 2. The number of rotatable bonds is 6. The van der Waals surface area contributed by atoms with Crippen molar-refractivity contribution in [3.63, 3.8) is 0 Å². The van der Waals surface area contributed by atoms with Crippen LogP contribution in [0.2, 0.25) is 0 Å². The van der Waals surface area contributed by atoms with Gasteiger partial charge in [-0.25, -0.2) is 13.2 Å². The van der Waals surface area contributed by atoms with Gasteiger partial charge in [0.15, 0.2) is 14.6 Å². The summed E-state index contributed by atoms with van der Waals surface area (Å²) >= 11 is 0. The highest BCUT2D eigenvalue weighted by atomic mass is 32.2. The number of aliphatic hydroxyl groups is 1. The number of hydrogen-bond acceptors (Lipinski definition) is 6. The van der Waals surface area contributed by atoms with E-state index in [-0.39, 0.29) is 19.6 Å². The van der Waals surface area contributed by atoms with E-state index >= 15 is 0 Å². The van der Waals surface area contributed by atoms with Gasteiger partial charge in [0.2, 0.25) is 0 Å². The summed E-state index contributed by atoms with van der Waals surface area (Å²) in [7, 11) is -3.91. The van der Waals surface area contributed by atoms with Crippen molar-refractivity contribution in [1.29, 1.82) is 0 Å². The summed E-state index contributed by atoms with van der Waals surface area (Å²) in [4.78, 5) is 25.1. The predicted octanol–water partition coefficient (Wildman–Crippen LogP) is 1.66. The van der Waals surface area contributed by atoms with Crippen LogP contribution >= 0.6 is 0 Å². The second-order valence-corrected chi connectivity index (χ2v) is 10.6. The highest BCUT2D eigenvalue weighted by Gasteiger charge is 2.48. The van der Waals surface area contributed by atoms with Gasteiger partial charge >= 0.3 is 12.1 Å². The van der Waals surface area contributed by atoms with Crippen molar-refractivity contribution in [3.8, 4) is 11.8 Å². The van der Waals surface area contributed by atoms with Crippen molar-refractivity contribution in [2.75, 3.05) is 24.3 Å². The summed E-state index contributed by atoms with van der Waals surface area (Å²) in [5, 5.41) is 18.4. The van der Waals surface area contributed by atoms with Gasteiger partial charge in [-0.1, -0.05) is 11.8 Å². The first-order valence-corrected chi connectivity index (χ1v) is 11.6. The third kappa shape index (κ3) is 4.45. The molecule has 1 aliphatic heterocycles. The van der Waals surface area contributed by atoms with E-state index in [1.807, 2.05) is 0 Å². The van der Waals surface area contributed by atoms with Crippen LogP contribution in [0.3, 0.4) is 0 Å². The van der Waals surface area contributed by atoms with Gasteiger partial charge in [0.25, 0.3) is 0 Å². The second kappa shape index (κ2) is 8.28. The molecule has 0 aromatic heterocycles. The molecule has 162 valence electrons. The van der Waals surface area contributed by atoms with E-state index < -0.39 is 32.8 Å². The fourth-order valence-corrected chi connectivity index (χ4v) is 4.39. The van der Waals surface area contributed by atoms with Crippen molar-refractivity contribution in [2.45, 2.75) is 37.0 Å². The van der Waals surface area contributed by atoms with Crippen LogP contribution in [0.25, 0.3) is 0 Å². The van der Waals surface area contributed by atoms with Gasteiger partial charge in [-0.15, -0.1) is 0 Å². The normalized spacial score (nSPS) is 25.5. The van der Waals surface area contributed by atoms with Gasteiger partial charge in [0, 0.05) is 36.5 Å². The number of aliphatic hydroxyl groups excluding tert-OH is 1. The summed E-state index contributed by atoms with van der Waals surface area (Å²) in [5.74, 6) is 5.45. The van der Waals surface area contributed by atoms with E-state index in [1.54, 1.807) is 24.3 Å². The zero-order valence-electron chi connectivity index (χ0n) is 16.9. The largest absolute Gasteiger partial charge is 0.480 e. The number of anilines is 1. The van der Waals surface area contributed by atoms with Crippen LogP contribution < -0.4 is 4.90 Å². The minimum Gasteiger partial charge on any atom is -0.480 e. The minimum absolute atomic E-state index is 0.0624. The molecule has 8 nitrogen and oxygen atoms in total. The molecule has 2 atom stereocenters. The SMILES string of the molecule is C[C@@](C[C@H]1CN(c2ccc(C#CC3CC(CO)C3)cc2)C(=O)O1)(C(=O)O)S(C)(=O)=O. The van der Waals surface area contributed by atoms with Gasteiger partial charge in [0.05, 0.1) is 6.54 Å². The lowest BCUT2D eigenvalue weighted by Crippen LogP contribution is -2.46. The Morgan fingerprint density at radius 3 is 2.47 bits per heavy atom. The lowest BCUT2D eigenvalue weighted by Gasteiger charge is -2.29. The van der Waals surface area contributed by atoms with Gasteiger partial charge in [-0.2, -0.15) is 0 Å². The molecule has 0 bridgehead atoms. The average molecular weight is 435 g/mol. The number of carbonyl (C=O) groups is 2. The molecule has 0 unspecified atom stereocenters. The first-order valence-electron chi connectivity index (χ1n) is 9.67. The Balaban J connectivity index is 1.65. The molecular weight excluding hydrogens is 410 g/mol. The smallest absolute Gasteiger partial charge is 0.414 e. The van der Waals surface area contributed by atoms with E-state index in [0.29, 0.717) is 17.5 Å². The van der Waals surface area contributed by atoms with Gasteiger partial charge < -0.3 is 14.9 Å². The van der Waals surface area contributed by atoms with E-state index in [9.17, 15) is 23.1 Å². The number of cyclic esters (lactones) is 1. The monoisotopic (exact) mass is 435 g/mol. The molecule has 3 rings (SSSR count). The minimum atomic E-state index is -3.91. The molecule has 2 fully saturated rings. The predicted molar refractivity (Wildman–Crippen MR) is 110 cm³/mol. The van der Waals surface area contributed by atoms with Crippen molar-refractivity contribution in [1.82, 2.24) is 0 Å².